The molecule has 1 nitrogen and oxygen atoms in total. The van der Waals surface area contributed by atoms with Crippen molar-refractivity contribution in [3.63, 3.8) is 0 Å². The first-order valence-corrected chi connectivity index (χ1v) is 7.01. The number of hydrogen-bond donors (Lipinski definition) is 1. The van der Waals surface area contributed by atoms with Crippen LogP contribution in [-0.4, -0.2) is 5.11 Å². The monoisotopic (exact) mass is 272 g/mol. The van der Waals surface area contributed by atoms with Gasteiger partial charge < -0.3 is 5.11 Å². The summed E-state index contributed by atoms with van der Waals surface area (Å²) in [5.41, 5.74) is 3.24. The zero-order chi connectivity index (χ0) is 13.5. The van der Waals surface area contributed by atoms with Crippen LogP contribution in [0.15, 0.2) is 48.5 Å². The summed E-state index contributed by atoms with van der Waals surface area (Å²) in [6.45, 7) is 2.14. The molecule has 2 atom stereocenters. The second-order valence-corrected chi connectivity index (χ2v) is 5.96. The Kier molecular flexibility index (Phi) is 3.12. The molecule has 1 aliphatic rings. The molecule has 1 aliphatic carbocycles. The van der Waals surface area contributed by atoms with Crippen LogP contribution in [0.3, 0.4) is 0 Å². The number of fused-ring (bicyclic) bond motifs is 1. The summed E-state index contributed by atoms with van der Waals surface area (Å²) in [6, 6.07) is 16.0. The summed E-state index contributed by atoms with van der Waals surface area (Å²) in [7, 11) is 0. The summed E-state index contributed by atoms with van der Waals surface area (Å²) >= 11 is 5.95. The normalized spacial score (nSPS) is 25.9. The number of benzene rings is 2. The summed E-state index contributed by atoms with van der Waals surface area (Å²) in [6.07, 6.45) is 1.50. The molecule has 0 saturated carbocycles. The van der Waals surface area contributed by atoms with E-state index in [4.69, 9.17) is 11.6 Å². The van der Waals surface area contributed by atoms with E-state index in [1.165, 1.54) is 5.56 Å². The van der Waals surface area contributed by atoms with Gasteiger partial charge in [-0.15, -0.1) is 0 Å². The number of rotatable bonds is 1. The fraction of sp³-hybridized carbons (Fsp3) is 0.294. The molecule has 0 fully saturated rings. The van der Waals surface area contributed by atoms with Crippen LogP contribution < -0.4 is 0 Å². The molecule has 0 heterocycles. The van der Waals surface area contributed by atoms with Crippen LogP contribution in [-0.2, 0) is 11.8 Å². The quantitative estimate of drug-likeness (QED) is 0.822. The Morgan fingerprint density at radius 2 is 1.79 bits per heavy atom. The van der Waals surface area contributed by atoms with Gasteiger partial charge in [0, 0.05) is 10.4 Å². The number of aliphatic hydroxyl groups is 1. The maximum atomic E-state index is 10.8. The highest BCUT2D eigenvalue weighted by atomic mass is 35.5. The zero-order valence-corrected chi connectivity index (χ0v) is 11.7. The highest BCUT2D eigenvalue weighted by Gasteiger charge is 2.39. The minimum absolute atomic E-state index is 0.237. The first-order chi connectivity index (χ1) is 9.11. The summed E-state index contributed by atoms with van der Waals surface area (Å²) in [5.74, 6) is 0. The van der Waals surface area contributed by atoms with Gasteiger partial charge in [0.15, 0.2) is 0 Å². The van der Waals surface area contributed by atoms with Crippen LogP contribution >= 0.6 is 11.6 Å². The molecular formula is C17H17ClO. The smallest absolute Gasteiger partial charge is 0.0886 e. The predicted molar refractivity (Wildman–Crippen MR) is 78.5 cm³/mol. The van der Waals surface area contributed by atoms with E-state index >= 15 is 0 Å². The van der Waals surface area contributed by atoms with Crippen molar-refractivity contribution in [3.05, 3.63) is 70.2 Å². The van der Waals surface area contributed by atoms with Crippen LogP contribution in [0.5, 0.6) is 0 Å². The van der Waals surface area contributed by atoms with Gasteiger partial charge in [0.05, 0.1) is 6.10 Å². The molecule has 2 aromatic carbocycles. The van der Waals surface area contributed by atoms with Crippen LogP contribution in [0.1, 0.15) is 36.1 Å². The molecular weight excluding hydrogens is 256 g/mol. The van der Waals surface area contributed by atoms with E-state index < -0.39 is 6.10 Å². The maximum absolute atomic E-state index is 10.8. The number of hydrogen-bond acceptors (Lipinski definition) is 1. The SMILES string of the molecule is C[C@]1(c2ccc(Cl)cc2)CCc2ccccc2[C@H]1O. The summed E-state index contributed by atoms with van der Waals surface area (Å²) in [4.78, 5) is 0. The Balaban J connectivity index is 2.04. The lowest BCUT2D eigenvalue weighted by atomic mass is 9.67. The first-order valence-electron chi connectivity index (χ1n) is 6.63. The van der Waals surface area contributed by atoms with Gasteiger partial charge in [0.1, 0.15) is 0 Å². The molecule has 0 aromatic heterocycles. The molecule has 0 saturated heterocycles. The van der Waals surface area contributed by atoms with Crippen LogP contribution in [0.4, 0.5) is 0 Å². The van der Waals surface area contributed by atoms with Crippen LogP contribution in [0.2, 0.25) is 5.02 Å². The summed E-state index contributed by atoms with van der Waals surface area (Å²) in [5, 5.41) is 11.5. The number of aliphatic hydroxyl groups excluding tert-OH is 1. The van der Waals surface area contributed by atoms with E-state index in [0.29, 0.717) is 0 Å². The predicted octanol–water partition coefficient (Wildman–Crippen LogP) is 4.28. The highest BCUT2D eigenvalue weighted by Crippen LogP contribution is 2.45. The third-order valence-electron chi connectivity index (χ3n) is 4.37. The Labute approximate surface area is 118 Å². The van der Waals surface area contributed by atoms with E-state index in [0.717, 1.165) is 29.0 Å². The average molecular weight is 273 g/mol. The van der Waals surface area contributed by atoms with Gasteiger partial charge >= 0.3 is 0 Å². The average Bonchev–Trinajstić information content (AvgIpc) is 2.44. The molecule has 19 heavy (non-hydrogen) atoms. The van der Waals surface area contributed by atoms with Crippen LogP contribution in [0, 0.1) is 0 Å². The zero-order valence-electron chi connectivity index (χ0n) is 10.9. The van der Waals surface area contributed by atoms with Gasteiger partial charge in [-0.05, 0) is 41.7 Å². The molecule has 3 rings (SSSR count). The van der Waals surface area contributed by atoms with E-state index in [9.17, 15) is 5.11 Å². The molecule has 98 valence electrons. The van der Waals surface area contributed by atoms with Crippen molar-refractivity contribution in [1.29, 1.82) is 0 Å². The molecule has 0 radical (unpaired) electrons. The van der Waals surface area contributed by atoms with Gasteiger partial charge in [0.25, 0.3) is 0 Å². The van der Waals surface area contributed by atoms with Crippen LogP contribution in [0.25, 0.3) is 0 Å². The molecule has 2 aromatic rings. The number of halogens is 1. The minimum atomic E-state index is -0.460. The fourth-order valence-corrected chi connectivity index (χ4v) is 3.16. The van der Waals surface area contributed by atoms with Crippen molar-refractivity contribution in [2.45, 2.75) is 31.3 Å². The van der Waals surface area contributed by atoms with Crippen molar-refractivity contribution >= 4 is 11.6 Å². The Hall–Kier alpha value is -1.31. The first kappa shape index (κ1) is 12.7. The van der Waals surface area contributed by atoms with Gasteiger partial charge in [-0.25, -0.2) is 0 Å². The fourth-order valence-electron chi connectivity index (χ4n) is 3.04. The minimum Gasteiger partial charge on any atom is -0.387 e. The van der Waals surface area contributed by atoms with Crippen molar-refractivity contribution in [3.8, 4) is 0 Å². The lowest BCUT2D eigenvalue weighted by Crippen LogP contribution is -2.35. The maximum Gasteiger partial charge on any atom is 0.0886 e. The van der Waals surface area contributed by atoms with Gasteiger partial charge in [0.2, 0.25) is 0 Å². The highest BCUT2D eigenvalue weighted by molar-refractivity contribution is 6.30. The largest absolute Gasteiger partial charge is 0.387 e. The molecule has 0 spiro atoms. The Morgan fingerprint density at radius 3 is 2.53 bits per heavy atom. The molecule has 0 unspecified atom stereocenters. The van der Waals surface area contributed by atoms with Gasteiger partial charge in [-0.1, -0.05) is 54.9 Å². The van der Waals surface area contributed by atoms with Gasteiger partial charge in [-0.3, -0.25) is 0 Å². The molecule has 0 aliphatic heterocycles. The van der Waals surface area contributed by atoms with Gasteiger partial charge in [-0.2, -0.15) is 0 Å². The second kappa shape index (κ2) is 4.66. The van der Waals surface area contributed by atoms with Crippen molar-refractivity contribution in [2.24, 2.45) is 0 Å². The summed E-state index contributed by atoms with van der Waals surface area (Å²) < 4.78 is 0. The third-order valence-corrected chi connectivity index (χ3v) is 4.62. The second-order valence-electron chi connectivity index (χ2n) is 5.53. The van der Waals surface area contributed by atoms with Crippen molar-refractivity contribution in [2.75, 3.05) is 0 Å². The lowest BCUT2D eigenvalue weighted by Gasteiger charge is -2.40. The molecule has 2 heteroatoms. The third kappa shape index (κ3) is 2.07. The van der Waals surface area contributed by atoms with Crippen molar-refractivity contribution in [1.82, 2.24) is 0 Å². The molecule has 0 bridgehead atoms. The molecule has 1 N–H and O–H groups in total. The standard InChI is InChI=1S/C17H17ClO/c1-17(13-6-8-14(18)9-7-13)11-10-12-4-2-3-5-15(12)16(17)19/h2-9,16,19H,10-11H2,1H3/t16-,17-/m1/s1. The Bertz CT molecular complexity index is 590. The van der Waals surface area contributed by atoms with E-state index in [-0.39, 0.29) is 5.41 Å². The Morgan fingerprint density at radius 1 is 1.11 bits per heavy atom. The molecule has 0 amide bonds. The number of aryl methyl sites for hydroxylation is 1. The van der Waals surface area contributed by atoms with Crippen molar-refractivity contribution < 1.29 is 5.11 Å². The lowest BCUT2D eigenvalue weighted by molar-refractivity contribution is 0.0747. The topological polar surface area (TPSA) is 20.2 Å². The van der Waals surface area contributed by atoms with E-state index in [1.54, 1.807) is 0 Å². The van der Waals surface area contributed by atoms with E-state index in [2.05, 4.69) is 13.0 Å². The van der Waals surface area contributed by atoms with E-state index in [1.807, 2.05) is 42.5 Å².